The third-order valence-corrected chi connectivity index (χ3v) is 14.6. The van der Waals surface area contributed by atoms with Gasteiger partial charge >= 0.3 is 83.3 Å². The molecule has 0 bridgehead atoms. The number of azide groups is 3. The molecular formula is C67H117N10NaO43. The molecule has 4 fully saturated rings. The standard InChI is InChI=1S/C20H31N3O12.C16H22O11.C12H23N3O8.C12H25NO8.C6H13N3O3.CH3O.Na/c1-12(24)31-11-16-17(32-13(2)25)18(33-14(3)26)19(34-15(4)27)20(35-16)30-10-9-29-8-7-28-6-5-22-23-21;1-7(17)22-6-12-13(23-8(2)18)14(24-9(3)19)15(25-10(4)20)16(27-12)26-11(5)21;13-15-14-1-2-20-3-4-21-5-6-22-12-11(19)10(18)9(17)8(7-16)23-12;13-1-2-18-3-4-19-5-6-20-12-11(17)10(16)9(15)8(7-14)21-12;7-9-8-1-3-11-5-6-12-4-2-10;1-2;/h16-20H,5-11H2,1-4H3;12-16H,6H2,1-5H3;8-12,16-19H,1-7H2;8-12,14-17H,1-7,13H2;10H,1-6H2;1H3;/q;;;;;-1;+1/t16?,17-,18+,19?,20+;12?,13-,14+,15?,16+;2*8?,9-,10+,11?,12+;;;/m1111.../s1. The summed E-state index contributed by atoms with van der Waals surface area (Å²) in [5, 5.41) is 102. The van der Waals surface area contributed by atoms with E-state index in [1.54, 1.807) is 0 Å². The van der Waals surface area contributed by atoms with Crippen LogP contribution in [-0.2, 0) is 157 Å². The molecular weight excluding hydrogens is 1660 g/mol. The second-order valence-electron chi connectivity index (χ2n) is 24.0. The van der Waals surface area contributed by atoms with Crippen molar-refractivity contribution in [3.63, 3.8) is 0 Å². The minimum atomic E-state index is -1.48. The number of hydrogen-bond acceptors (Lipinski definition) is 47. The zero-order valence-electron chi connectivity index (χ0n) is 69.4. The summed E-state index contributed by atoms with van der Waals surface area (Å²) >= 11 is 0. The summed E-state index contributed by atoms with van der Waals surface area (Å²) in [5.41, 5.74) is 29.4. The van der Waals surface area contributed by atoms with Gasteiger partial charge in [0.1, 0.15) is 74.3 Å². The van der Waals surface area contributed by atoms with Gasteiger partial charge in [0.25, 0.3) is 0 Å². The number of esters is 9. The van der Waals surface area contributed by atoms with Crippen LogP contribution in [0.2, 0.25) is 0 Å². The van der Waals surface area contributed by atoms with Crippen LogP contribution in [0, 0.1) is 0 Å². The van der Waals surface area contributed by atoms with E-state index in [0.717, 1.165) is 62.5 Å². The predicted molar refractivity (Wildman–Crippen MR) is 392 cm³/mol. The van der Waals surface area contributed by atoms with Crippen molar-refractivity contribution >= 4 is 53.7 Å². The molecule has 0 aromatic rings. The molecule has 54 heteroatoms. The van der Waals surface area contributed by atoms with Crippen LogP contribution < -0.4 is 40.4 Å². The van der Waals surface area contributed by atoms with E-state index in [-0.39, 0.29) is 115 Å². The van der Waals surface area contributed by atoms with Crippen molar-refractivity contribution in [2.75, 3.05) is 192 Å². The van der Waals surface area contributed by atoms with Gasteiger partial charge < -0.3 is 170 Å². The Kier molecular flexibility index (Phi) is 72.9. The quantitative estimate of drug-likeness (QED) is 0.00514. The molecule has 0 aromatic carbocycles. The Morgan fingerprint density at radius 3 is 0.868 bits per heavy atom. The summed E-state index contributed by atoms with van der Waals surface area (Å²) in [5.74, 6) is -6.51. The average molecular weight is 1770 g/mol. The number of carbonyl (C=O) groups is 9. The van der Waals surface area contributed by atoms with Gasteiger partial charge in [0.2, 0.25) is 12.4 Å². The number of hydrogen-bond donors (Lipinski definition) is 10. The number of ether oxygens (including phenoxy) is 24. The first-order valence-corrected chi connectivity index (χ1v) is 36.9. The van der Waals surface area contributed by atoms with Gasteiger partial charge in [0.15, 0.2) is 49.4 Å². The second kappa shape index (κ2) is 74.5. The van der Waals surface area contributed by atoms with Crippen molar-refractivity contribution < 1.29 is 237 Å². The number of nitrogens with zero attached hydrogens (tertiary/aromatic N) is 9. The molecule has 0 amide bonds. The van der Waals surface area contributed by atoms with Crippen LogP contribution in [0.25, 0.3) is 31.3 Å². The number of nitrogens with two attached hydrogens (primary N) is 1. The fourth-order valence-electron chi connectivity index (χ4n) is 9.74. The molecule has 121 heavy (non-hydrogen) atoms. The van der Waals surface area contributed by atoms with Gasteiger partial charge in [0.05, 0.1) is 145 Å². The smallest absolute Gasteiger partial charge is 0.857 e. The Morgan fingerprint density at radius 1 is 0.322 bits per heavy atom. The zero-order valence-corrected chi connectivity index (χ0v) is 71.4. The predicted octanol–water partition coefficient (Wildman–Crippen LogP) is -8.69. The Hall–Kier alpha value is -6.88. The van der Waals surface area contributed by atoms with Crippen molar-refractivity contribution in [2.45, 2.75) is 185 Å². The topological polar surface area (TPSA) is 753 Å². The van der Waals surface area contributed by atoms with Crippen LogP contribution in [0.3, 0.4) is 0 Å². The van der Waals surface area contributed by atoms with Crippen LogP contribution in [0.15, 0.2) is 15.3 Å². The van der Waals surface area contributed by atoms with E-state index >= 15 is 0 Å². The first-order valence-electron chi connectivity index (χ1n) is 36.9. The van der Waals surface area contributed by atoms with Crippen molar-refractivity contribution in [2.24, 2.45) is 21.1 Å². The van der Waals surface area contributed by atoms with Crippen LogP contribution in [0.4, 0.5) is 0 Å². The number of carbonyl (C=O) groups excluding carboxylic acids is 9. The molecule has 8 unspecified atom stereocenters. The monoisotopic (exact) mass is 1770 g/mol. The van der Waals surface area contributed by atoms with Gasteiger partial charge in [-0.1, -0.05) is 15.3 Å². The molecule has 0 aliphatic carbocycles. The summed E-state index contributed by atoms with van der Waals surface area (Å²) < 4.78 is 125. The molecule has 53 nitrogen and oxygen atoms in total. The van der Waals surface area contributed by atoms with Crippen molar-refractivity contribution in [3.8, 4) is 0 Å². The van der Waals surface area contributed by atoms with E-state index in [1.807, 2.05) is 0 Å². The summed E-state index contributed by atoms with van der Waals surface area (Å²) in [4.78, 5) is 111. The van der Waals surface area contributed by atoms with E-state index in [9.17, 15) is 73.8 Å². The molecule has 694 valence electrons. The first-order chi connectivity index (χ1) is 57.3. The van der Waals surface area contributed by atoms with Crippen LogP contribution in [0.1, 0.15) is 62.3 Å². The third kappa shape index (κ3) is 55.9. The summed E-state index contributed by atoms with van der Waals surface area (Å²) in [6, 6.07) is 0. The molecule has 0 radical (unpaired) electrons. The SMILES string of the molecule is CC(=O)OCC1O[C@H](OC(C)=O)C(OC(C)=O)[C@@H](OC(C)=O)[C@@H]1OC(C)=O.CC(=O)OCC1O[C@H](OCCOCCOCCN=[N+]=[N-])C(OC(C)=O)[C@@H](OC(C)=O)[C@@H]1OC(C)=O.C[O-].NCCOCCOCCO[C@H]1OC(CO)[C@@H](O)[C@H](O)C1O.[N-]=[N+]=NCCOCCOCCO.[N-]=[N+]=NCCOCCOCCO[C@H]1OC(CO)[C@@H](O)[C@H](O)C1O.[Na+]. The van der Waals surface area contributed by atoms with E-state index in [2.05, 4.69) is 30.1 Å². The van der Waals surface area contributed by atoms with Gasteiger partial charge in [-0.3, -0.25) is 43.2 Å². The summed E-state index contributed by atoms with van der Waals surface area (Å²) in [6.45, 7) is 15.1. The largest absolute Gasteiger partial charge is 1.00 e. The first kappa shape index (κ1) is 118. The van der Waals surface area contributed by atoms with Crippen molar-refractivity contribution in [1.82, 2.24) is 0 Å². The van der Waals surface area contributed by atoms with Crippen LogP contribution >= 0.6 is 0 Å². The Balaban J connectivity index is -0.00000147. The molecule has 0 saturated carbocycles. The molecule has 4 aliphatic heterocycles. The molecule has 11 N–H and O–H groups in total. The maximum atomic E-state index is 11.8. The van der Waals surface area contributed by atoms with Crippen LogP contribution in [0.5, 0.6) is 0 Å². The molecule has 4 heterocycles. The fourth-order valence-corrected chi connectivity index (χ4v) is 9.74. The minimum Gasteiger partial charge on any atom is -0.857 e. The fraction of sp³-hybridized carbons (Fsp3) is 0.866. The molecule has 4 saturated heterocycles. The van der Waals surface area contributed by atoms with Gasteiger partial charge in [-0.15, -0.1) is 0 Å². The maximum absolute atomic E-state index is 11.8. The normalized spacial score (nSPS) is 25.5. The van der Waals surface area contributed by atoms with Crippen molar-refractivity contribution in [1.29, 1.82) is 0 Å². The number of aliphatic hydroxyl groups is 9. The van der Waals surface area contributed by atoms with E-state index in [4.69, 9.17) is 156 Å². The zero-order chi connectivity index (χ0) is 90.8. The van der Waals surface area contributed by atoms with E-state index in [1.165, 1.54) is 6.92 Å². The van der Waals surface area contributed by atoms with Gasteiger partial charge in [-0.05, 0) is 16.6 Å². The molecule has 4 rings (SSSR count). The number of aliphatic hydroxyl groups excluding tert-OH is 9. The van der Waals surface area contributed by atoms with E-state index < -0.39 is 196 Å². The van der Waals surface area contributed by atoms with Gasteiger partial charge in [-0.2, -0.15) is 7.11 Å². The average Bonchev–Trinajstić information content (AvgIpc) is 0.797. The molecule has 20 atom stereocenters. The van der Waals surface area contributed by atoms with Gasteiger partial charge in [0, 0.05) is 103 Å². The second-order valence-corrected chi connectivity index (χ2v) is 24.0. The van der Waals surface area contributed by atoms with Crippen LogP contribution in [-0.4, -0.2) is 414 Å². The molecule has 0 spiro atoms. The van der Waals surface area contributed by atoms with Crippen molar-refractivity contribution in [3.05, 3.63) is 31.3 Å². The third-order valence-electron chi connectivity index (χ3n) is 14.6. The molecule has 4 aliphatic rings. The van der Waals surface area contributed by atoms with Gasteiger partial charge in [-0.25, -0.2) is 0 Å². The van der Waals surface area contributed by atoms with E-state index in [0.29, 0.717) is 79.2 Å². The number of rotatable bonds is 50. The summed E-state index contributed by atoms with van der Waals surface area (Å²) in [7, 11) is 0.750. The maximum Gasteiger partial charge on any atom is 1.00 e. The Morgan fingerprint density at radius 2 is 0.579 bits per heavy atom. The Bertz CT molecular complexity index is 2970. The summed E-state index contributed by atoms with van der Waals surface area (Å²) in [6.07, 6.45) is -25.7. The minimum absolute atomic E-state index is 0. The Labute approximate surface area is 717 Å². The molecule has 0 aromatic heterocycles.